The number of hydrogen-bond acceptors (Lipinski definition) is 10. The third kappa shape index (κ3) is 4.23. The van der Waals surface area contributed by atoms with Crippen molar-refractivity contribution in [1.82, 2.24) is 15.2 Å². The van der Waals surface area contributed by atoms with Crippen LogP contribution in [0.1, 0.15) is 5.69 Å². The molecule has 0 saturated carbocycles. The van der Waals surface area contributed by atoms with Crippen LogP contribution in [0.3, 0.4) is 0 Å². The van der Waals surface area contributed by atoms with Gasteiger partial charge in [-0.3, -0.25) is 14.5 Å². The van der Waals surface area contributed by atoms with Crippen LogP contribution in [0.15, 0.2) is 26.6 Å². The molecule has 2 atom stereocenters. The fourth-order valence-electron chi connectivity index (χ4n) is 2.64. The van der Waals surface area contributed by atoms with Crippen LogP contribution in [-0.2, 0) is 24.0 Å². The number of aromatic nitrogens is 1. The molecular weight excluding hydrogens is 444 g/mol. The van der Waals surface area contributed by atoms with Gasteiger partial charge in [0.05, 0.1) is 5.51 Å². The molecule has 2 amide bonds. The molecule has 14 heteroatoms. The first-order valence-corrected chi connectivity index (χ1v) is 11.1. The predicted molar refractivity (Wildman–Crippen MR) is 105 cm³/mol. The summed E-state index contributed by atoms with van der Waals surface area (Å²) >= 11 is 3.79. The number of thiazole rings is 1. The minimum atomic E-state index is -1.27. The van der Waals surface area contributed by atoms with Crippen molar-refractivity contribution >= 4 is 64.3 Å². The van der Waals surface area contributed by atoms with E-state index in [2.05, 4.69) is 20.3 Å². The van der Waals surface area contributed by atoms with E-state index in [1.165, 1.54) is 45.8 Å². The Morgan fingerprint density at radius 2 is 2.21 bits per heavy atom. The first-order valence-electron chi connectivity index (χ1n) is 7.91. The first kappa shape index (κ1) is 21.1. The lowest BCUT2D eigenvalue weighted by atomic mass is 10.0. The fraction of sp³-hybridized carbons (Fsp3) is 0.333. The van der Waals surface area contributed by atoms with Crippen LogP contribution in [-0.4, -0.2) is 79.6 Å². The van der Waals surface area contributed by atoms with E-state index in [-0.39, 0.29) is 17.1 Å². The number of amides is 2. The number of oxime groups is 1. The summed E-state index contributed by atoms with van der Waals surface area (Å²) in [5.41, 5.74) is 1.26. The molecule has 29 heavy (non-hydrogen) atoms. The van der Waals surface area contributed by atoms with Crippen molar-refractivity contribution in [2.75, 3.05) is 18.6 Å². The molecule has 0 bridgehead atoms. The van der Waals surface area contributed by atoms with Gasteiger partial charge in [0, 0.05) is 16.0 Å². The molecule has 2 aliphatic heterocycles. The normalized spacial score (nSPS) is 21.3. The highest BCUT2D eigenvalue weighted by atomic mass is 32.2. The maximum absolute atomic E-state index is 12.7. The largest absolute Gasteiger partial charge is 0.479 e. The lowest BCUT2D eigenvalue weighted by Crippen LogP contribution is -2.71. The van der Waals surface area contributed by atoms with E-state index in [1.807, 2.05) is 0 Å². The summed E-state index contributed by atoms with van der Waals surface area (Å²) in [5, 5.41) is 25.1. The lowest BCUT2D eigenvalue weighted by Gasteiger charge is -2.49. The second kappa shape index (κ2) is 8.84. The molecule has 1 unspecified atom stereocenters. The molecule has 3 rings (SSSR count). The van der Waals surface area contributed by atoms with Gasteiger partial charge in [0.15, 0.2) is 5.71 Å². The molecule has 0 spiro atoms. The molecule has 0 radical (unpaired) electrons. The Balaban J connectivity index is 1.77. The van der Waals surface area contributed by atoms with E-state index in [1.54, 1.807) is 6.26 Å². The van der Waals surface area contributed by atoms with Gasteiger partial charge in [-0.25, -0.2) is 14.6 Å². The zero-order valence-electron chi connectivity index (χ0n) is 14.7. The van der Waals surface area contributed by atoms with Gasteiger partial charge in [-0.2, -0.15) is 0 Å². The Hall–Kier alpha value is -2.58. The second-order valence-corrected chi connectivity index (χ2v) is 8.35. The summed E-state index contributed by atoms with van der Waals surface area (Å²) in [6.45, 7) is -0.750. The molecule has 1 aromatic rings. The van der Waals surface area contributed by atoms with Crippen LogP contribution in [0.4, 0.5) is 0 Å². The summed E-state index contributed by atoms with van der Waals surface area (Å²) < 4.78 is 0. The molecule has 1 aromatic heterocycles. The van der Waals surface area contributed by atoms with Crippen molar-refractivity contribution < 1.29 is 34.2 Å². The quantitative estimate of drug-likeness (QED) is 0.275. The predicted octanol–water partition coefficient (Wildman–Crippen LogP) is 0.00750. The zero-order chi connectivity index (χ0) is 21.1. The molecular formula is C15H14N4O7S3. The number of aliphatic carboxylic acids is 2. The zero-order valence-corrected chi connectivity index (χ0v) is 17.2. The highest BCUT2D eigenvalue weighted by Crippen LogP contribution is 2.42. The number of carboxylic acid groups (broad SMARTS) is 2. The Morgan fingerprint density at radius 3 is 2.79 bits per heavy atom. The van der Waals surface area contributed by atoms with E-state index >= 15 is 0 Å². The van der Waals surface area contributed by atoms with Gasteiger partial charge in [-0.15, -0.1) is 34.9 Å². The summed E-state index contributed by atoms with van der Waals surface area (Å²) in [7, 11) is 0. The van der Waals surface area contributed by atoms with Gasteiger partial charge in [0.2, 0.25) is 6.61 Å². The lowest BCUT2D eigenvalue weighted by molar-refractivity contribution is -0.150. The summed E-state index contributed by atoms with van der Waals surface area (Å²) in [6.07, 6.45) is 1.73. The number of nitrogens with one attached hydrogen (secondary N) is 1. The average Bonchev–Trinajstić information content (AvgIpc) is 3.21. The van der Waals surface area contributed by atoms with Crippen molar-refractivity contribution in [3.05, 3.63) is 27.2 Å². The number of carbonyl (C=O) groups is 4. The van der Waals surface area contributed by atoms with Crippen LogP contribution in [0.5, 0.6) is 0 Å². The molecule has 3 N–H and O–H groups in total. The number of thioether (sulfide) groups is 2. The van der Waals surface area contributed by atoms with Gasteiger partial charge in [-0.05, 0) is 6.26 Å². The monoisotopic (exact) mass is 458 g/mol. The highest BCUT2D eigenvalue weighted by molar-refractivity contribution is 8.05. The Kier molecular flexibility index (Phi) is 6.44. The van der Waals surface area contributed by atoms with E-state index in [9.17, 15) is 24.3 Å². The van der Waals surface area contributed by atoms with Crippen LogP contribution in [0.2, 0.25) is 0 Å². The minimum absolute atomic E-state index is 0.0741. The Morgan fingerprint density at radius 1 is 1.45 bits per heavy atom. The molecule has 3 heterocycles. The number of carboxylic acids is 2. The van der Waals surface area contributed by atoms with Gasteiger partial charge < -0.3 is 20.4 Å². The van der Waals surface area contributed by atoms with Gasteiger partial charge in [0.1, 0.15) is 22.8 Å². The van der Waals surface area contributed by atoms with Crippen molar-refractivity contribution in [2.24, 2.45) is 5.16 Å². The first-order chi connectivity index (χ1) is 13.8. The molecule has 11 nitrogen and oxygen atoms in total. The summed E-state index contributed by atoms with van der Waals surface area (Å²) in [6, 6.07) is -0.950. The number of hydrogen-bond donors (Lipinski definition) is 3. The van der Waals surface area contributed by atoms with Crippen molar-refractivity contribution in [1.29, 1.82) is 0 Å². The SMILES string of the molecule is CSC1=C(C(=O)O)N2C(=O)C(NC(=O)/C(=N\OCC(=O)O)c3cscn3)[C@H]2SC1. The van der Waals surface area contributed by atoms with Crippen molar-refractivity contribution in [3.63, 3.8) is 0 Å². The third-order valence-corrected chi connectivity index (χ3v) is 6.78. The molecule has 1 fully saturated rings. The van der Waals surface area contributed by atoms with Crippen LogP contribution in [0.25, 0.3) is 0 Å². The summed E-state index contributed by atoms with van der Waals surface area (Å²) in [5.74, 6) is -3.41. The average molecular weight is 458 g/mol. The van der Waals surface area contributed by atoms with E-state index in [0.29, 0.717) is 10.7 Å². The van der Waals surface area contributed by atoms with Crippen molar-refractivity contribution in [2.45, 2.75) is 11.4 Å². The fourth-order valence-corrected chi connectivity index (χ4v) is 5.43. The van der Waals surface area contributed by atoms with Crippen molar-refractivity contribution in [3.8, 4) is 0 Å². The minimum Gasteiger partial charge on any atom is -0.479 e. The Bertz CT molecular complexity index is 915. The number of carbonyl (C=O) groups excluding carboxylic acids is 2. The number of β-lactam (4-membered cyclic amide) rings is 1. The van der Waals surface area contributed by atoms with Gasteiger partial charge in [0.25, 0.3) is 11.8 Å². The second-order valence-electron chi connectivity index (χ2n) is 5.62. The van der Waals surface area contributed by atoms with E-state index in [0.717, 1.165) is 4.90 Å². The van der Waals surface area contributed by atoms with Gasteiger partial charge in [-0.1, -0.05) is 5.16 Å². The molecule has 2 aliphatic rings. The summed E-state index contributed by atoms with van der Waals surface area (Å²) in [4.78, 5) is 57.7. The third-order valence-electron chi connectivity index (χ3n) is 3.90. The standard InChI is InChI=1S/C15H14N4O7S3/c1-27-7-4-29-14-10(13(23)19(14)11(7)15(24)25)17-12(22)9(6-3-28-5-16-6)18-26-2-8(20)21/h3,5,10,14H,2,4H2,1H3,(H,17,22)(H,20,21)(H,24,25)/b18-9-/t10?,14-/m1/s1. The smallest absolute Gasteiger partial charge is 0.353 e. The van der Waals surface area contributed by atoms with Crippen LogP contribution >= 0.6 is 34.9 Å². The van der Waals surface area contributed by atoms with Crippen LogP contribution < -0.4 is 5.32 Å². The number of fused-ring (bicyclic) bond motifs is 1. The maximum Gasteiger partial charge on any atom is 0.353 e. The van der Waals surface area contributed by atoms with Crippen LogP contribution in [0, 0.1) is 0 Å². The van der Waals surface area contributed by atoms with E-state index in [4.69, 9.17) is 5.11 Å². The van der Waals surface area contributed by atoms with Gasteiger partial charge >= 0.3 is 11.9 Å². The number of nitrogens with zero attached hydrogens (tertiary/aromatic N) is 3. The topological polar surface area (TPSA) is 158 Å². The molecule has 0 aromatic carbocycles. The maximum atomic E-state index is 12.7. The number of rotatable bonds is 8. The molecule has 1 saturated heterocycles. The molecule has 154 valence electrons. The Labute approximate surface area is 176 Å². The van der Waals surface area contributed by atoms with E-state index < -0.39 is 41.8 Å². The molecule has 0 aliphatic carbocycles. The highest BCUT2D eigenvalue weighted by Gasteiger charge is 2.54.